The molecule has 0 aromatic heterocycles. The van der Waals surface area contributed by atoms with Crippen LogP contribution < -0.4 is 0 Å². The number of Topliss-reactive ketones (excluding diaryl/α,β-unsaturated/α-hetero) is 1. The second-order valence-corrected chi connectivity index (χ2v) is 13.6. The monoisotopic (exact) mass is 544 g/mol. The molecule has 5 fully saturated rings. The molecule has 0 N–H and O–H groups in total. The standard InChI is InChI=1S/C35H44O5/c1-33-16-13-26(36)21-29(33)31(37-22-24-9-5-3-6-10-24)32(38-23-25-11-7-4-8-12-25)30-27(33)14-17-34(2)28(30)15-18-35(34)39-19-20-40-35/h3-12,27-32H,13-23H2,1-2H3/t27?,28?,29?,30?,31-,32?,33-,34+/m1/s1. The first-order chi connectivity index (χ1) is 19.4. The van der Waals surface area contributed by atoms with E-state index in [4.69, 9.17) is 18.9 Å². The van der Waals surface area contributed by atoms with Gasteiger partial charge in [0, 0.05) is 30.6 Å². The first-order valence-electron chi connectivity index (χ1n) is 15.5. The van der Waals surface area contributed by atoms with Crippen LogP contribution in [0.1, 0.15) is 69.9 Å². The summed E-state index contributed by atoms with van der Waals surface area (Å²) >= 11 is 0. The minimum atomic E-state index is -0.465. The molecule has 8 atom stereocenters. The summed E-state index contributed by atoms with van der Waals surface area (Å²) < 4.78 is 26.9. The van der Waals surface area contributed by atoms with Crippen molar-refractivity contribution in [2.75, 3.05) is 13.2 Å². The predicted octanol–water partition coefficient (Wildman–Crippen LogP) is 6.73. The molecule has 5 aliphatic rings. The maximum Gasteiger partial charge on any atom is 0.174 e. The van der Waals surface area contributed by atoms with Crippen molar-refractivity contribution < 1.29 is 23.7 Å². The third-order valence-corrected chi connectivity index (χ3v) is 11.9. The topological polar surface area (TPSA) is 54.0 Å². The van der Waals surface area contributed by atoms with Crippen LogP contribution in [0.2, 0.25) is 0 Å². The molecule has 7 rings (SSSR count). The summed E-state index contributed by atoms with van der Waals surface area (Å²) in [7, 11) is 0. The van der Waals surface area contributed by atoms with E-state index in [2.05, 4.69) is 68.4 Å². The number of ether oxygens (including phenoxy) is 4. The van der Waals surface area contributed by atoms with Crippen molar-refractivity contribution in [3.63, 3.8) is 0 Å². The van der Waals surface area contributed by atoms with Crippen molar-refractivity contribution in [3.05, 3.63) is 71.8 Å². The van der Waals surface area contributed by atoms with Gasteiger partial charge in [-0.15, -0.1) is 0 Å². The van der Waals surface area contributed by atoms with E-state index >= 15 is 0 Å². The summed E-state index contributed by atoms with van der Waals surface area (Å²) in [5, 5.41) is 0. The lowest BCUT2D eigenvalue weighted by Crippen LogP contribution is -2.66. The molecule has 1 heterocycles. The lowest BCUT2D eigenvalue weighted by Gasteiger charge is -2.64. The predicted molar refractivity (Wildman–Crippen MR) is 152 cm³/mol. The Morgan fingerprint density at radius 1 is 0.750 bits per heavy atom. The van der Waals surface area contributed by atoms with Crippen LogP contribution >= 0.6 is 0 Å². The fourth-order valence-electron chi connectivity index (χ4n) is 9.83. The van der Waals surface area contributed by atoms with E-state index in [0.29, 0.717) is 62.8 Å². The van der Waals surface area contributed by atoms with Gasteiger partial charge in [-0.2, -0.15) is 0 Å². The van der Waals surface area contributed by atoms with Crippen molar-refractivity contribution in [1.82, 2.24) is 0 Å². The van der Waals surface area contributed by atoms with E-state index in [-0.39, 0.29) is 29.0 Å². The molecular formula is C35H44O5. The van der Waals surface area contributed by atoms with Gasteiger partial charge in [-0.3, -0.25) is 4.79 Å². The van der Waals surface area contributed by atoms with E-state index in [0.717, 1.165) is 37.7 Å². The highest BCUT2D eigenvalue weighted by molar-refractivity contribution is 5.79. The van der Waals surface area contributed by atoms with Gasteiger partial charge in [-0.05, 0) is 60.0 Å². The van der Waals surface area contributed by atoms with Gasteiger partial charge in [0.2, 0.25) is 0 Å². The first kappa shape index (κ1) is 26.8. The van der Waals surface area contributed by atoms with Crippen molar-refractivity contribution in [2.45, 2.75) is 90.0 Å². The normalized spacial score (nSPS) is 40.0. The zero-order chi connectivity index (χ0) is 27.4. The largest absolute Gasteiger partial charge is 0.371 e. The summed E-state index contributed by atoms with van der Waals surface area (Å²) in [4.78, 5) is 13.0. The highest BCUT2D eigenvalue weighted by atomic mass is 16.7. The van der Waals surface area contributed by atoms with Gasteiger partial charge in [0.15, 0.2) is 5.79 Å². The lowest BCUT2D eigenvalue weighted by atomic mass is 9.43. The summed E-state index contributed by atoms with van der Waals surface area (Å²) in [6.07, 6.45) is 6.31. The Balaban J connectivity index is 1.28. The molecule has 0 amide bonds. The Hall–Kier alpha value is -2.05. The molecule has 4 saturated carbocycles. The molecule has 40 heavy (non-hydrogen) atoms. The Bertz CT molecular complexity index is 1190. The zero-order valence-corrected chi connectivity index (χ0v) is 24.1. The van der Waals surface area contributed by atoms with Crippen molar-refractivity contribution >= 4 is 5.78 Å². The van der Waals surface area contributed by atoms with Crippen LogP contribution in [0.3, 0.4) is 0 Å². The van der Waals surface area contributed by atoms with Gasteiger partial charge >= 0.3 is 0 Å². The summed E-state index contributed by atoms with van der Waals surface area (Å²) in [5.74, 6) is 1.35. The summed E-state index contributed by atoms with van der Waals surface area (Å²) in [5.41, 5.74) is 2.35. The molecule has 1 aliphatic heterocycles. The quantitative estimate of drug-likeness (QED) is 0.404. The third kappa shape index (κ3) is 4.22. The third-order valence-electron chi connectivity index (χ3n) is 11.9. The van der Waals surface area contributed by atoms with Gasteiger partial charge < -0.3 is 18.9 Å². The fourth-order valence-corrected chi connectivity index (χ4v) is 9.83. The van der Waals surface area contributed by atoms with Crippen molar-refractivity contribution in [1.29, 1.82) is 0 Å². The zero-order valence-electron chi connectivity index (χ0n) is 24.1. The molecule has 5 unspecified atom stereocenters. The average molecular weight is 545 g/mol. The van der Waals surface area contributed by atoms with Crippen LogP contribution in [0.15, 0.2) is 60.7 Å². The maximum absolute atomic E-state index is 13.0. The Labute approximate surface area is 238 Å². The van der Waals surface area contributed by atoms with Gasteiger partial charge in [0.05, 0.1) is 38.6 Å². The number of rotatable bonds is 6. The molecule has 2 aromatic rings. The van der Waals surface area contributed by atoms with Crippen LogP contribution in [-0.4, -0.2) is 37.0 Å². The van der Waals surface area contributed by atoms with E-state index in [9.17, 15) is 4.79 Å². The molecule has 2 aromatic carbocycles. The van der Waals surface area contributed by atoms with E-state index in [1.54, 1.807) is 0 Å². The van der Waals surface area contributed by atoms with Crippen LogP contribution in [-0.2, 0) is 37.0 Å². The van der Waals surface area contributed by atoms with Crippen LogP contribution in [0, 0.1) is 34.5 Å². The Kier molecular flexibility index (Phi) is 6.94. The van der Waals surface area contributed by atoms with Gasteiger partial charge in [-0.25, -0.2) is 0 Å². The number of carbonyl (C=O) groups is 1. The van der Waals surface area contributed by atoms with Crippen LogP contribution in [0.4, 0.5) is 0 Å². The number of fused-ring (bicyclic) bond motifs is 6. The van der Waals surface area contributed by atoms with E-state index in [1.165, 1.54) is 5.56 Å². The molecule has 1 saturated heterocycles. The average Bonchev–Trinajstić information content (AvgIpc) is 3.58. The minimum Gasteiger partial charge on any atom is -0.371 e. The summed E-state index contributed by atoms with van der Waals surface area (Å²) in [6.45, 7) is 7.37. The molecule has 5 heteroatoms. The lowest BCUT2D eigenvalue weighted by molar-refractivity contribution is -0.277. The maximum atomic E-state index is 13.0. The molecule has 0 bridgehead atoms. The molecule has 0 radical (unpaired) electrons. The van der Waals surface area contributed by atoms with Gasteiger partial charge in [0.1, 0.15) is 5.78 Å². The Morgan fingerprint density at radius 2 is 1.35 bits per heavy atom. The van der Waals surface area contributed by atoms with Crippen LogP contribution in [0.5, 0.6) is 0 Å². The Morgan fingerprint density at radius 3 is 2.00 bits per heavy atom. The molecular weight excluding hydrogens is 500 g/mol. The fraction of sp³-hybridized carbons (Fsp3) is 0.629. The molecule has 214 valence electrons. The van der Waals surface area contributed by atoms with Gasteiger partial charge in [0.25, 0.3) is 0 Å². The highest BCUT2D eigenvalue weighted by Crippen LogP contribution is 2.70. The number of benzene rings is 2. The van der Waals surface area contributed by atoms with Gasteiger partial charge in [-0.1, -0.05) is 74.5 Å². The second-order valence-electron chi connectivity index (χ2n) is 13.6. The molecule has 5 nitrogen and oxygen atoms in total. The SMILES string of the molecule is C[C@]12CCC(=O)CC1[C@@H](OCc1ccccc1)C(OCc1ccccc1)C1C2CC[C@@]2(C)C1CCC21OCCO1. The molecule has 4 aliphatic carbocycles. The minimum absolute atomic E-state index is 0.0450. The summed E-state index contributed by atoms with van der Waals surface area (Å²) in [6, 6.07) is 20.9. The van der Waals surface area contributed by atoms with E-state index < -0.39 is 5.79 Å². The number of hydrogen-bond donors (Lipinski definition) is 0. The number of ketones is 1. The first-order valence-corrected chi connectivity index (χ1v) is 15.5. The smallest absolute Gasteiger partial charge is 0.174 e. The van der Waals surface area contributed by atoms with Crippen molar-refractivity contribution in [3.8, 4) is 0 Å². The highest BCUT2D eigenvalue weighted by Gasteiger charge is 2.70. The second kappa shape index (κ2) is 10.3. The number of hydrogen-bond acceptors (Lipinski definition) is 5. The van der Waals surface area contributed by atoms with Crippen molar-refractivity contribution in [2.24, 2.45) is 34.5 Å². The molecule has 1 spiro atoms. The van der Waals surface area contributed by atoms with E-state index in [1.807, 2.05) is 6.07 Å². The van der Waals surface area contributed by atoms with Crippen LogP contribution in [0.25, 0.3) is 0 Å². The number of carbonyl (C=O) groups excluding carboxylic acids is 1.